The molecule has 3 rings (SSSR count). The number of hydrogen-bond acceptors (Lipinski definition) is 4. The average Bonchev–Trinajstić information content (AvgIpc) is 2.33. The molecule has 2 aliphatic rings. The normalized spacial score (nSPS) is 20.2. The van der Waals surface area contributed by atoms with Crippen LogP contribution in [-0.2, 0) is 6.54 Å². The summed E-state index contributed by atoms with van der Waals surface area (Å²) in [6.45, 7) is 4.96. The second kappa shape index (κ2) is 5.43. The highest BCUT2D eigenvalue weighted by molar-refractivity contribution is 5.81. The number of hydrogen-bond donors (Lipinski definition) is 1. The summed E-state index contributed by atoms with van der Waals surface area (Å²) in [5.41, 5.74) is 3.32. The highest BCUT2D eigenvalue weighted by atomic mass is 16.5. The molecule has 1 saturated heterocycles. The lowest BCUT2D eigenvalue weighted by Gasteiger charge is -2.53. The summed E-state index contributed by atoms with van der Waals surface area (Å²) < 4.78 is 6.20. The van der Waals surface area contributed by atoms with E-state index in [1.165, 1.54) is 0 Å². The summed E-state index contributed by atoms with van der Waals surface area (Å²) in [5.74, 6) is 0.878. The van der Waals surface area contributed by atoms with Crippen molar-refractivity contribution < 1.29 is 9.53 Å². The summed E-state index contributed by atoms with van der Waals surface area (Å²) in [4.78, 5) is 13.5. The summed E-state index contributed by atoms with van der Waals surface area (Å²) in [6.07, 6.45) is 3.52. The van der Waals surface area contributed by atoms with Crippen molar-refractivity contribution in [2.24, 2.45) is 5.41 Å². The van der Waals surface area contributed by atoms with E-state index in [1.54, 1.807) is 0 Å². The molecular formula is C17H24N2O2. The third-order valence-electron chi connectivity index (χ3n) is 4.74. The molecule has 1 aromatic carbocycles. The minimum absolute atomic E-state index is 0.301. The Morgan fingerprint density at radius 2 is 2.10 bits per heavy atom. The Kier molecular flexibility index (Phi) is 3.76. The van der Waals surface area contributed by atoms with Crippen molar-refractivity contribution in [3.8, 4) is 5.75 Å². The van der Waals surface area contributed by atoms with Gasteiger partial charge in [-0.1, -0.05) is 6.07 Å². The number of rotatable bonds is 5. The predicted octanol–water partition coefficient (Wildman–Crippen LogP) is 2.00. The van der Waals surface area contributed by atoms with E-state index in [1.807, 2.05) is 33.2 Å². The van der Waals surface area contributed by atoms with Crippen molar-refractivity contribution in [2.45, 2.75) is 32.4 Å². The van der Waals surface area contributed by atoms with Crippen LogP contribution in [0, 0.1) is 12.3 Å². The molecule has 1 aromatic rings. The molecule has 0 unspecified atom stereocenters. The average molecular weight is 288 g/mol. The maximum absolute atomic E-state index is 11.4. The molecule has 1 spiro atoms. The second-order valence-corrected chi connectivity index (χ2v) is 6.88. The first kappa shape index (κ1) is 14.5. The van der Waals surface area contributed by atoms with E-state index in [-0.39, 0.29) is 0 Å². The van der Waals surface area contributed by atoms with Gasteiger partial charge >= 0.3 is 0 Å². The number of aryl methyl sites for hydroxylation is 1. The van der Waals surface area contributed by atoms with Crippen LogP contribution in [0.3, 0.4) is 0 Å². The van der Waals surface area contributed by atoms with Crippen LogP contribution in [0.25, 0.3) is 0 Å². The van der Waals surface area contributed by atoms with E-state index < -0.39 is 0 Å². The Labute approximate surface area is 126 Å². The van der Waals surface area contributed by atoms with Gasteiger partial charge in [-0.05, 0) is 45.5 Å². The summed E-state index contributed by atoms with van der Waals surface area (Å²) >= 11 is 0. The molecule has 4 heteroatoms. The van der Waals surface area contributed by atoms with Crippen molar-refractivity contribution in [1.29, 1.82) is 0 Å². The van der Waals surface area contributed by atoms with E-state index >= 15 is 0 Å². The van der Waals surface area contributed by atoms with Crippen molar-refractivity contribution in [3.63, 3.8) is 0 Å². The molecular weight excluding hydrogens is 264 g/mol. The maximum Gasteiger partial charge on any atom is 0.150 e. The molecule has 1 aliphatic heterocycles. The minimum atomic E-state index is 0.301. The first-order valence-electron chi connectivity index (χ1n) is 7.63. The molecule has 1 N–H and O–H groups in total. The first-order chi connectivity index (χ1) is 10.0. The van der Waals surface area contributed by atoms with Crippen molar-refractivity contribution in [2.75, 3.05) is 27.2 Å². The molecule has 0 bridgehead atoms. The van der Waals surface area contributed by atoms with E-state index in [9.17, 15) is 4.79 Å². The number of benzene rings is 1. The fraction of sp³-hybridized carbons (Fsp3) is 0.588. The number of carbonyl (C=O) groups excluding carboxylic acids is 1. The third kappa shape index (κ3) is 2.70. The number of ether oxygens (including phenoxy) is 1. The van der Waals surface area contributed by atoms with E-state index in [2.05, 4.69) is 10.2 Å². The summed E-state index contributed by atoms with van der Waals surface area (Å²) in [5, 5.41) is 3.34. The fourth-order valence-electron chi connectivity index (χ4n) is 3.45. The van der Waals surface area contributed by atoms with E-state index in [0.717, 1.165) is 61.2 Å². The number of nitrogens with one attached hydrogen (secondary N) is 1. The Hall–Kier alpha value is -1.39. The van der Waals surface area contributed by atoms with Gasteiger partial charge in [-0.25, -0.2) is 0 Å². The smallest absolute Gasteiger partial charge is 0.150 e. The van der Waals surface area contributed by atoms with Crippen LogP contribution in [0.15, 0.2) is 12.1 Å². The van der Waals surface area contributed by atoms with Gasteiger partial charge in [0.15, 0.2) is 6.29 Å². The van der Waals surface area contributed by atoms with Gasteiger partial charge in [0, 0.05) is 36.2 Å². The van der Waals surface area contributed by atoms with Crippen LogP contribution in [0.2, 0.25) is 0 Å². The quantitative estimate of drug-likeness (QED) is 0.842. The molecule has 1 saturated carbocycles. The zero-order chi connectivity index (χ0) is 15.0. The molecule has 2 fully saturated rings. The summed E-state index contributed by atoms with van der Waals surface area (Å²) in [7, 11) is 4.03. The Bertz CT molecular complexity index is 542. The Balaban J connectivity index is 1.78. The predicted molar refractivity (Wildman–Crippen MR) is 82.9 cm³/mol. The monoisotopic (exact) mass is 288 g/mol. The number of carbonyl (C=O) groups is 1. The topological polar surface area (TPSA) is 41.6 Å². The van der Waals surface area contributed by atoms with Gasteiger partial charge in [-0.3, -0.25) is 4.79 Å². The largest absolute Gasteiger partial charge is 0.490 e. The Morgan fingerprint density at radius 1 is 1.38 bits per heavy atom. The van der Waals surface area contributed by atoms with E-state index in [4.69, 9.17) is 4.74 Å². The van der Waals surface area contributed by atoms with Gasteiger partial charge in [0.2, 0.25) is 0 Å². The molecule has 21 heavy (non-hydrogen) atoms. The number of nitrogens with zero attached hydrogens (tertiary/aromatic N) is 1. The van der Waals surface area contributed by atoms with Crippen LogP contribution < -0.4 is 10.1 Å². The van der Waals surface area contributed by atoms with Crippen LogP contribution in [0.4, 0.5) is 0 Å². The highest BCUT2D eigenvalue weighted by Crippen LogP contribution is 2.46. The minimum Gasteiger partial charge on any atom is -0.490 e. The standard InChI is InChI=1S/C17H24N2O2/c1-12-4-5-16(14(8-19(2)3)15(12)9-20)21-13-6-17(7-13)10-18-11-17/h4-5,9,13,18H,6-8,10-11H2,1-3H3. The van der Waals surface area contributed by atoms with Gasteiger partial charge in [-0.15, -0.1) is 0 Å². The molecule has 0 atom stereocenters. The highest BCUT2D eigenvalue weighted by Gasteiger charge is 2.49. The van der Waals surface area contributed by atoms with Gasteiger partial charge in [0.25, 0.3) is 0 Å². The van der Waals surface area contributed by atoms with Crippen LogP contribution >= 0.6 is 0 Å². The van der Waals surface area contributed by atoms with Crippen molar-refractivity contribution >= 4 is 6.29 Å². The lowest BCUT2D eigenvalue weighted by atomic mass is 9.63. The molecule has 4 nitrogen and oxygen atoms in total. The molecule has 0 radical (unpaired) electrons. The zero-order valence-corrected chi connectivity index (χ0v) is 13.1. The Morgan fingerprint density at radius 3 is 2.62 bits per heavy atom. The molecule has 1 aliphatic carbocycles. The van der Waals surface area contributed by atoms with Crippen molar-refractivity contribution in [1.82, 2.24) is 10.2 Å². The SMILES string of the molecule is Cc1ccc(OC2CC3(CNC3)C2)c(CN(C)C)c1C=O. The summed E-state index contributed by atoms with van der Waals surface area (Å²) in [6, 6.07) is 4.00. The van der Waals surface area contributed by atoms with Gasteiger partial charge in [-0.2, -0.15) is 0 Å². The fourth-order valence-corrected chi connectivity index (χ4v) is 3.45. The van der Waals surface area contributed by atoms with Crippen molar-refractivity contribution in [3.05, 3.63) is 28.8 Å². The van der Waals surface area contributed by atoms with Gasteiger partial charge in [0.05, 0.1) is 6.10 Å². The van der Waals surface area contributed by atoms with Gasteiger partial charge in [0.1, 0.15) is 5.75 Å². The number of aldehydes is 1. The molecule has 114 valence electrons. The van der Waals surface area contributed by atoms with Crippen LogP contribution in [0.1, 0.15) is 34.3 Å². The van der Waals surface area contributed by atoms with Gasteiger partial charge < -0.3 is 15.0 Å². The maximum atomic E-state index is 11.4. The lowest BCUT2D eigenvalue weighted by Crippen LogP contribution is -2.62. The lowest BCUT2D eigenvalue weighted by molar-refractivity contribution is -0.0500. The molecule has 0 amide bonds. The third-order valence-corrected chi connectivity index (χ3v) is 4.74. The van der Waals surface area contributed by atoms with Crippen LogP contribution in [0.5, 0.6) is 5.75 Å². The van der Waals surface area contributed by atoms with Crippen LogP contribution in [-0.4, -0.2) is 44.5 Å². The molecule has 1 heterocycles. The van der Waals surface area contributed by atoms with E-state index in [0.29, 0.717) is 11.5 Å². The second-order valence-electron chi connectivity index (χ2n) is 6.88. The molecule has 0 aromatic heterocycles. The first-order valence-corrected chi connectivity index (χ1v) is 7.63. The zero-order valence-electron chi connectivity index (χ0n) is 13.1.